The van der Waals surface area contributed by atoms with E-state index >= 15 is 0 Å². The molecule has 6 heteroatoms. The van der Waals surface area contributed by atoms with Crippen molar-refractivity contribution in [1.29, 1.82) is 0 Å². The largest absolute Gasteiger partial charge is 0.465 e. The smallest absolute Gasteiger partial charge is 0.309 e. The molecule has 0 amide bonds. The first-order valence-electron chi connectivity index (χ1n) is 13.7. The molecule has 2 aliphatic rings. The Morgan fingerprint density at radius 3 is 1.38 bits per heavy atom. The van der Waals surface area contributed by atoms with Gasteiger partial charge in [0.05, 0.1) is 25.0 Å². The van der Waals surface area contributed by atoms with Crippen LogP contribution in [0.15, 0.2) is 0 Å². The highest BCUT2D eigenvalue weighted by atomic mass is 16.5. The first-order valence-corrected chi connectivity index (χ1v) is 13.7. The molecule has 0 aliphatic carbocycles. The lowest BCUT2D eigenvalue weighted by molar-refractivity contribution is -0.152. The third-order valence-electron chi connectivity index (χ3n) is 7.55. The van der Waals surface area contributed by atoms with Crippen LogP contribution >= 0.6 is 0 Å². The number of hydrogen-bond donors (Lipinski definition) is 2. The van der Waals surface area contributed by atoms with E-state index in [2.05, 4.69) is 66.0 Å². The molecule has 0 bridgehead atoms. The predicted octanol–water partition coefficient (Wildman–Crippen LogP) is 5.24. The summed E-state index contributed by atoms with van der Waals surface area (Å²) in [7, 11) is 0. The molecule has 0 radical (unpaired) electrons. The van der Waals surface area contributed by atoms with Crippen LogP contribution in [-0.4, -0.2) is 48.3 Å². The van der Waals surface area contributed by atoms with Crippen LogP contribution in [0.2, 0.25) is 0 Å². The Hall–Kier alpha value is -1.14. The van der Waals surface area contributed by atoms with Crippen molar-refractivity contribution in [3.8, 4) is 0 Å². The highest BCUT2D eigenvalue weighted by Gasteiger charge is 2.39. The lowest BCUT2D eigenvalue weighted by atomic mass is 9.78. The number of esters is 2. The Kier molecular flexibility index (Phi) is 10.9. The minimum Gasteiger partial charge on any atom is -0.465 e. The van der Waals surface area contributed by atoms with Crippen molar-refractivity contribution < 1.29 is 19.1 Å². The molecule has 198 valence electrons. The molecule has 0 saturated carbocycles. The van der Waals surface area contributed by atoms with Crippen molar-refractivity contribution in [3.63, 3.8) is 0 Å². The van der Waals surface area contributed by atoms with Gasteiger partial charge in [-0.05, 0) is 90.9 Å². The summed E-state index contributed by atoms with van der Waals surface area (Å²) in [4.78, 5) is 25.2. The van der Waals surface area contributed by atoms with Crippen molar-refractivity contribution in [3.05, 3.63) is 0 Å². The molecule has 0 aromatic heterocycles. The maximum Gasteiger partial charge on any atom is 0.309 e. The molecule has 0 aromatic rings. The van der Waals surface area contributed by atoms with E-state index in [-0.39, 0.29) is 34.9 Å². The zero-order chi connectivity index (χ0) is 25.5. The average molecular weight is 481 g/mol. The number of rotatable bonds is 11. The summed E-state index contributed by atoms with van der Waals surface area (Å²) in [6.07, 6.45) is 7.05. The molecular formula is C28H52N2O4. The van der Waals surface area contributed by atoms with E-state index in [0.717, 1.165) is 51.4 Å². The molecule has 2 rings (SSSR count). The van der Waals surface area contributed by atoms with Crippen molar-refractivity contribution in [2.24, 2.45) is 23.7 Å². The molecule has 6 nitrogen and oxygen atoms in total. The van der Waals surface area contributed by atoms with Crippen molar-refractivity contribution in [2.75, 3.05) is 13.2 Å². The number of carbonyl (C=O) groups excluding carboxylic acids is 2. The Bertz CT molecular complexity index is 603. The van der Waals surface area contributed by atoms with Crippen LogP contribution in [-0.2, 0) is 19.1 Å². The Morgan fingerprint density at radius 2 is 1.06 bits per heavy atom. The van der Waals surface area contributed by atoms with Gasteiger partial charge >= 0.3 is 11.9 Å². The Balaban J connectivity index is 1.59. The zero-order valence-electron chi connectivity index (χ0n) is 23.2. The molecule has 4 atom stereocenters. The van der Waals surface area contributed by atoms with Crippen molar-refractivity contribution in [2.45, 2.75) is 130 Å². The molecule has 0 aromatic carbocycles. The SMILES string of the molecule is CC(C)C1CC(C(=O)OCCCCCCOC(=O)C2CC(C(C)C)NC(C)(C)C2)CC(C)(C)N1. The monoisotopic (exact) mass is 480 g/mol. The molecule has 0 spiro atoms. The van der Waals surface area contributed by atoms with E-state index < -0.39 is 0 Å². The fraction of sp³-hybridized carbons (Fsp3) is 0.929. The summed E-state index contributed by atoms with van der Waals surface area (Å²) in [5.74, 6) is 0.887. The minimum atomic E-state index is -0.0428. The highest BCUT2D eigenvalue weighted by Crippen LogP contribution is 2.32. The van der Waals surface area contributed by atoms with Crippen LogP contribution < -0.4 is 10.6 Å². The molecule has 34 heavy (non-hydrogen) atoms. The first kappa shape index (κ1) is 29.1. The van der Waals surface area contributed by atoms with Gasteiger partial charge in [-0.25, -0.2) is 0 Å². The zero-order valence-corrected chi connectivity index (χ0v) is 23.2. The third kappa shape index (κ3) is 9.49. The molecule has 2 fully saturated rings. The number of nitrogens with one attached hydrogen (secondary N) is 2. The maximum absolute atomic E-state index is 12.6. The van der Waals surface area contributed by atoms with Gasteiger partial charge in [0, 0.05) is 23.2 Å². The lowest BCUT2D eigenvalue weighted by Gasteiger charge is -2.42. The summed E-state index contributed by atoms with van der Waals surface area (Å²) in [5, 5.41) is 7.33. The third-order valence-corrected chi connectivity index (χ3v) is 7.55. The molecular weight excluding hydrogens is 428 g/mol. The quantitative estimate of drug-likeness (QED) is 0.311. The second-order valence-electron chi connectivity index (χ2n) is 12.8. The highest BCUT2D eigenvalue weighted by molar-refractivity contribution is 5.73. The molecule has 2 N–H and O–H groups in total. The van der Waals surface area contributed by atoms with Gasteiger partial charge in [-0.3, -0.25) is 9.59 Å². The molecule has 2 aliphatic heterocycles. The van der Waals surface area contributed by atoms with E-state index in [9.17, 15) is 9.59 Å². The van der Waals surface area contributed by atoms with Gasteiger partial charge in [0.25, 0.3) is 0 Å². The first-order chi connectivity index (χ1) is 15.8. The number of unbranched alkanes of at least 4 members (excludes halogenated alkanes) is 3. The second-order valence-corrected chi connectivity index (χ2v) is 12.8. The lowest BCUT2D eigenvalue weighted by Crippen LogP contribution is -2.55. The van der Waals surface area contributed by atoms with E-state index in [0.29, 0.717) is 37.1 Å². The topological polar surface area (TPSA) is 76.7 Å². The number of ether oxygens (including phenoxy) is 2. The number of piperidine rings is 2. The molecule has 2 heterocycles. The molecule has 4 unspecified atom stereocenters. The van der Waals surface area contributed by atoms with E-state index in [1.807, 2.05) is 0 Å². The van der Waals surface area contributed by atoms with Gasteiger partial charge in [-0.1, -0.05) is 27.7 Å². The van der Waals surface area contributed by atoms with Gasteiger partial charge in [0.2, 0.25) is 0 Å². The molecule has 2 saturated heterocycles. The van der Waals surface area contributed by atoms with Crippen LogP contribution in [0.4, 0.5) is 0 Å². The van der Waals surface area contributed by atoms with Crippen LogP contribution in [0.1, 0.15) is 107 Å². The Labute approximate surface area is 208 Å². The van der Waals surface area contributed by atoms with Gasteiger partial charge < -0.3 is 20.1 Å². The summed E-state index contributed by atoms with van der Waals surface area (Å²) < 4.78 is 11.2. The minimum absolute atomic E-state index is 0.0154. The fourth-order valence-corrected chi connectivity index (χ4v) is 5.63. The summed E-state index contributed by atoms with van der Waals surface area (Å²) >= 11 is 0. The Morgan fingerprint density at radius 1 is 0.706 bits per heavy atom. The fourth-order valence-electron chi connectivity index (χ4n) is 5.63. The summed E-state index contributed by atoms with van der Waals surface area (Å²) in [6.45, 7) is 18.5. The second kappa shape index (κ2) is 12.7. The summed E-state index contributed by atoms with van der Waals surface area (Å²) in [5.41, 5.74) is -0.0677. The average Bonchev–Trinajstić information content (AvgIpc) is 2.72. The standard InChI is InChI=1S/C28H52N2O4/c1-19(2)23-15-21(17-27(5,6)29-23)25(31)33-13-11-9-10-12-14-34-26(32)22-16-24(20(3)4)30-28(7,8)18-22/h19-24,29-30H,9-18H2,1-8H3. The van der Waals surface area contributed by atoms with Gasteiger partial charge in [-0.2, -0.15) is 0 Å². The number of hydrogen-bond acceptors (Lipinski definition) is 6. The van der Waals surface area contributed by atoms with Crippen LogP contribution in [0.25, 0.3) is 0 Å². The summed E-state index contributed by atoms with van der Waals surface area (Å²) in [6, 6.07) is 0.715. The normalized spacial score (nSPS) is 28.6. The van der Waals surface area contributed by atoms with Crippen LogP contribution in [0.5, 0.6) is 0 Å². The van der Waals surface area contributed by atoms with E-state index in [1.165, 1.54) is 0 Å². The van der Waals surface area contributed by atoms with E-state index in [4.69, 9.17) is 9.47 Å². The van der Waals surface area contributed by atoms with Crippen LogP contribution in [0, 0.1) is 23.7 Å². The van der Waals surface area contributed by atoms with E-state index in [1.54, 1.807) is 0 Å². The number of carbonyl (C=O) groups is 2. The van der Waals surface area contributed by atoms with Crippen molar-refractivity contribution >= 4 is 11.9 Å². The maximum atomic E-state index is 12.6. The predicted molar refractivity (Wildman–Crippen MR) is 138 cm³/mol. The van der Waals surface area contributed by atoms with Gasteiger partial charge in [0.1, 0.15) is 0 Å². The van der Waals surface area contributed by atoms with Crippen LogP contribution in [0.3, 0.4) is 0 Å². The van der Waals surface area contributed by atoms with Crippen molar-refractivity contribution in [1.82, 2.24) is 10.6 Å². The van der Waals surface area contributed by atoms with Gasteiger partial charge in [0.15, 0.2) is 0 Å². The van der Waals surface area contributed by atoms with Gasteiger partial charge in [-0.15, -0.1) is 0 Å².